The maximum atomic E-state index is 13.8. The molecule has 0 spiro atoms. The lowest BCUT2D eigenvalue weighted by atomic mass is 10.0. The third-order valence-electron chi connectivity index (χ3n) is 4.44. The Hall–Kier alpha value is -2.75. The molecule has 1 unspecified atom stereocenters. The molecule has 2 aromatic carbocycles. The number of rotatable bonds is 4. The molecule has 4 heteroatoms. The number of allylic oxidation sites excluding steroid dienone is 1. The zero-order valence-electron chi connectivity index (χ0n) is 14.7. The Morgan fingerprint density at radius 3 is 2.52 bits per heavy atom. The number of carbonyl (C=O) groups excluding carboxylic acids is 1. The van der Waals surface area contributed by atoms with Gasteiger partial charge in [0.25, 0.3) is 0 Å². The zero-order chi connectivity index (χ0) is 18.0. The van der Waals surface area contributed by atoms with Gasteiger partial charge < -0.3 is 4.90 Å². The summed E-state index contributed by atoms with van der Waals surface area (Å²) in [6.45, 7) is 3.96. The summed E-state index contributed by atoms with van der Waals surface area (Å²) < 4.78 is 13.8. The minimum atomic E-state index is -0.430. The zero-order valence-corrected chi connectivity index (χ0v) is 14.7. The van der Waals surface area contributed by atoms with Gasteiger partial charge >= 0.3 is 0 Å². The number of halogens is 1. The maximum Gasteiger partial charge on any atom is 0.168 e. The molecule has 1 aliphatic heterocycles. The number of hydrogen-bond acceptors (Lipinski definition) is 3. The van der Waals surface area contributed by atoms with Crippen LogP contribution >= 0.6 is 0 Å². The van der Waals surface area contributed by atoms with Crippen molar-refractivity contribution in [3.8, 4) is 0 Å². The molecule has 0 saturated heterocycles. The van der Waals surface area contributed by atoms with Crippen LogP contribution in [0.25, 0.3) is 5.70 Å². The molecule has 0 saturated carbocycles. The predicted molar refractivity (Wildman–Crippen MR) is 98.9 cm³/mol. The molecular weight excluding hydrogens is 315 g/mol. The minimum Gasteiger partial charge on any atom is -0.349 e. The van der Waals surface area contributed by atoms with Crippen molar-refractivity contribution in [2.45, 2.75) is 26.4 Å². The molecule has 1 aliphatic rings. The molecule has 0 radical (unpaired) electrons. The van der Waals surface area contributed by atoms with E-state index in [-0.39, 0.29) is 5.82 Å². The molecule has 3 nitrogen and oxygen atoms in total. The topological polar surface area (TPSA) is 32.7 Å². The van der Waals surface area contributed by atoms with Gasteiger partial charge in [0.2, 0.25) is 0 Å². The Bertz CT molecular complexity index is 832. The lowest BCUT2D eigenvalue weighted by Gasteiger charge is -2.33. The van der Waals surface area contributed by atoms with Crippen molar-refractivity contribution < 1.29 is 9.18 Å². The van der Waals surface area contributed by atoms with Crippen LogP contribution in [0.3, 0.4) is 0 Å². The van der Waals surface area contributed by atoms with E-state index in [4.69, 9.17) is 0 Å². The van der Waals surface area contributed by atoms with Gasteiger partial charge in [-0.3, -0.25) is 9.79 Å². The lowest BCUT2D eigenvalue weighted by molar-refractivity contribution is -0.102. The van der Waals surface area contributed by atoms with Gasteiger partial charge in [0, 0.05) is 12.7 Å². The van der Waals surface area contributed by atoms with Crippen LogP contribution in [-0.2, 0) is 11.2 Å². The number of nitrogens with zero attached hydrogens (tertiary/aromatic N) is 2. The van der Waals surface area contributed by atoms with Crippen LogP contribution in [0.4, 0.5) is 4.39 Å². The van der Waals surface area contributed by atoms with E-state index in [2.05, 4.69) is 24.0 Å². The van der Waals surface area contributed by atoms with Crippen LogP contribution in [-0.4, -0.2) is 23.9 Å². The quantitative estimate of drug-likeness (QED) is 0.779. The largest absolute Gasteiger partial charge is 0.349 e. The van der Waals surface area contributed by atoms with E-state index >= 15 is 0 Å². The van der Waals surface area contributed by atoms with Gasteiger partial charge in [0.15, 0.2) is 6.29 Å². The first-order valence-electron chi connectivity index (χ1n) is 8.35. The Balaban J connectivity index is 2.03. The average Bonchev–Trinajstić information content (AvgIpc) is 2.61. The summed E-state index contributed by atoms with van der Waals surface area (Å²) in [5.74, 6) is -0.297. The number of aryl methyl sites for hydroxylation is 2. The van der Waals surface area contributed by atoms with Crippen LogP contribution in [0.15, 0.2) is 53.5 Å². The normalized spacial score (nSPS) is 17.1. The molecule has 25 heavy (non-hydrogen) atoms. The molecule has 0 amide bonds. The first kappa shape index (κ1) is 17.1. The summed E-state index contributed by atoms with van der Waals surface area (Å²) in [5.41, 5.74) is 5.08. The van der Waals surface area contributed by atoms with E-state index in [1.165, 1.54) is 17.7 Å². The Morgan fingerprint density at radius 2 is 1.92 bits per heavy atom. The summed E-state index contributed by atoms with van der Waals surface area (Å²) in [6, 6.07) is 13.1. The van der Waals surface area contributed by atoms with Crippen molar-refractivity contribution in [3.63, 3.8) is 0 Å². The highest BCUT2D eigenvalue weighted by Gasteiger charge is 2.25. The standard InChI is InChI=1S/C21H21FN2O/c1-4-15-5-7-16(8-6-15)20-12-19(13-25)23-21(24(20)3)17-9-14(2)10-18(22)11-17/h5-13,21H,4H2,1-3H3. The summed E-state index contributed by atoms with van der Waals surface area (Å²) >= 11 is 0. The van der Waals surface area contributed by atoms with Crippen LogP contribution in [0.1, 0.15) is 35.3 Å². The van der Waals surface area contributed by atoms with Gasteiger partial charge in [0.05, 0.1) is 0 Å². The van der Waals surface area contributed by atoms with Crippen LogP contribution in [0.5, 0.6) is 0 Å². The van der Waals surface area contributed by atoms with E-state index in [1.54, 1.807) is 6.08 Å². The summed E-state index contributed by atoms with van der Waals surface area (Å²) in [7, 11) is 1.91. The highest BCUT2D eigenvalue weighted by Crippen LogP contribution is 2.33. The van der Waals surface area contributed by atoms with Crippen LogP contribution in [0.2, 0.25) is 0 Å². The van der Waals surface area contributed by atoms with Gasteiger partial charge in [-0.05, 0) is 53.8 Å². The lowest BCUT2D eigenvalue weighted by Crippen LogP contribution is -2.27. The number of aldehydes is 1. The SMILES string of the molecule is CCc1ccc(C2=CC(C=O)=NC(c3cc(C)cc(F)c3)N2C)cc1. The van der Waals surface area contributed by atoms with Gasteiger partial charge in [-0.1, -0.05) is 37.3 Å². The number of hydrogen-bond donors (Lipinski definition) is 0. The van der Waals surface area contributed by atoms with Crippen molar-refractivity contribution in [3.05, 3.63) is 76.6 Å². The molecule has 0 N–H and O–H groups in total. The third-order valence-corrected chi connectivity index (χ3v) is 4.44. The number of benzene rings is 2. The van der Waals surface area contributed by atoms with Crippen LogP contribution in [0, 0.1) is 12.7 Å². The molecule has 128 valence electrons. The Morgan fingerprint density at radius 1 is 1.20 bits per heavy atom. The molecule has 0 aliphatic carbocycles. The van der Waals surface area contributed by atoms with E-state index in [1.807, 2.05) is 37.1 Å². The molecule has 3 rings (SSSR count). The first-order valence-corrected chi connectivity index (χ1v) is 8.35. The number of carbonyl (C=O) groups is 1. The van der Waals surface area contributed by atoms with Crippen LogP contribution < -0.4 is 0 Å². The molecule has 0 bridgehead atoms. The van der Waals surface area contributed by atoms with Crippen molar-refractivity contribution >= 4 is 17.7 Å². The van der Waals surface area contributed by atoms with E-state index in [0.717, 1.165) is 35.1 Å². The monoisotopic (exact) mass is 336 g/mol. The van der Waals surface area contributed by atoms with Crippen molar-refractivity contribution in [2.75, 3.05) is 7.05 Å². The fourth-order valence-corrected chi connectivity index (χ4v) is 3.11. The molecule has 1 heterocycles. The highest BCUT2D eigenvalue weighted by molar-refractivity contribution is 6.35. The second-order valence-corrected chi connectivity index (χ2v) is 6.30. The van der Waals surface area contributed by atoms with Crippen molar-refractivity contribution in [2.24, 2.45) is 4.99 Å². The van der Waals surface area contributed by atoms with Gasteiger partial charge in [0.1, 0.15) is 17.7 Å². The Labute approximate surface area is 147 Å². The molecule has 1 atom stereocenters. The fraction of sp³-hybridized carbons (Fsp3) is 0.238. The minimum absolute atomic E-state index is 0.297. The molecule has 0 aromatic heterocycles. The maximum absolute atomic E-state index is 13.8. The van der Waals surface area contributed by atoms with Crippen molar-refractivity contribution in [1.29, 1.82) is 0 Å². The second kappa shape index (κ2) is 7.01. The second-order valence-electron chi connectivity index (χ2n) is 6.30. The van der Waals surface area contributed by atoms with Gasteiger partial charge in [-0.25, -0.2) is 4.39 Å². The molecular formula is C21H21FN2O. The smallest absolute Gasteiger partial charge is 0.168 e. The summed E-state index contributed by atoms with van der Waals surface area (Å²) in [6.07, 6.45) is 3.06. The Kier molecular flexibility index (Phi) is 4.79. The molecule has 2 aromatic rings. The fourth-order valence-electron chi connectivity index (χ4n) is 3.11. The summed E-state index contributed by atoms with van der Waals surface area (Å²) in [5, 5.41) is 0. The summed E-state index contributed by atoms with van der Waals surface area (Å²) in [4.78, 5) is 17.8. The van der Waals surface area contributed by atoms with Crippen molar-refractivity contribution in [1.82, 2.24) is 4.90 Å². The van der Waals surface area contributed by atoms with Gasteiger partial charge in [-0.2, -0.15) is 0 Å². The highest BCUT2D eigenvalue weighted by atomic mass is 19.1. The molecule has 0 fully saturated rings. The number of aliphatic imine (C=N–C) groups is 1. The predicted octanol–water partition coefficient (Wildman–Crippen LogP) is 4.32. The third kappa shape index (κ3) is 3.53. The average molecular weight is 336 g/mol. The van der Waals surface area contributed by atoms with E-state index < -0.39 is 6.17 Å². The van der Waals surface area contributed by atoms with E-state index in [0.29, 0.717) is 5.71 Å². The first-order chi connectivity index (χ1) is 12.0. The van der Waals surface area contributed by atoms with E-state index in [9.17, 15) is 9.18 Å². The van der Waals surface area contributed by atoms with Gasteiger partial charge in [-0.15, -0.1) is 0 Å².